The molecule has 0 aliphatic carbocycles. The summed E-state index contributed by atoms with van der Waals surface area (Å²) < 4.78 is 26.4. The summed E-state index contributed by atoms with van der Waals surface area (Å²) in [6, 6.07) is 14.2. The number of sulfonamides is 1. The van der Waals surface area contributed by atoms with E-state index in [2.05, 4.69) is 0 Å². The Balaban J connectivity index is 2.19. The second kappa shape index (κ2) is 6.60. The molecule has 0 radical (unpaired) electrons. The maximum absolute atomic E-state index is 12.5. The first-order valence-electron chi connectivity index (χ1n) is 6.73. The zero-order valence-corrected chi connectivity index (χ0v) is 13.7. The molecule has 0 bridgehead atoms. The lowest BCUT2D eigenvalue weighted by Crippen LogP contribution is -2.26. The van der Waals surface area contributed by atoms with Crippen LogP contribution in [0.4, 0.5) is 0 Å². The molecule has 0 fully saturated rings. The smallest absolute Gasteiger partial charge is 0.207 e. The van der Waals surface area contributed by atoms with Gasteiger partial charge in [-0.1, -0.05) is 42.8 Å². The summed E-state index contributed by atoms with van der Waals surface area (Å²) >= 11 is 5.83. The van der Waals surface area contributed by atoms with E-state index in [4.69, 9.17) is 11.6 Å². The molecule has 0 saturated heterocycles. The number of aryl methyl sites for hydroxylation is 1. The van der Waals surface area contributed by atoms with Gasteiger partial charge in [0.25, 0.3) is 0 Å². The van der Waals surface area contributed by atoms with E-state index in [1.165, 1.54) is 4.31 Å². The van der Waals surface area contributed by atoms with Crippen LogP contribution < -0.4 is 0 Å². The Morgan fingerprint density at radius 1 is 0.952 bits per heavy atom. The maximum Gasteiger partial charge on any atom is 0.243 e. The molecule has 21 heavy (non-hydrogen) atoms. The van der Waals surface area contributed by atoms with Crippen molar-refractivity contribution in [3.05, 3.63) is 64.7 Å². The van der Waals surface area contributed by atoms with Crippen LogP contribution in [0.25, 0.3) is 0 Å². The highest BCUT2D eigenvalue weighted by molar-refractivity contribution is 7.89. The molecule has 2 aromatic carbocycles. The van der Waals surface area contributed by atoms with Gasteiger partial charge in [0.1, 0.15) is 0 Å². The van der Waals surface area contributed by atoms with Crippen LogP contribution in [-0.2, 0) is 23.0 Å². The predicted molar refractivity (Wildman–Crippen MR) is 85.9 cm³/mol. The van der Waals surface area contributed by atoms with E-state index in [-0.39, 0.29) is 0 Å². The number of hydrogen-bond donors (Lipinski definition) is 0. The number of benzene rings is 2. The van der Waals surface area contributed by atoms with Crippen LogP contribution in [0, 0.1) is 0 Å². The van der Waals surface area contributed by atoms with Gasteiger partial charge in [0.2, 0.25) is 10.0 Å². The molecule has 0 heterocycles. The van der Waals surface area contributed by atoms with Crippen molar-refractivity contribution in [2.75, 3.05) is 7.05 Å². The number of hydrogen-bond acceptors (Lipinski definition) is 2. The fourth-order valence-electron chi connectivity index (χ4n) is 2.01. The first-order chi connectivity index (χ1) is 9.93. The normalized spacial score (nSPS) is 11.8. The Morgan fingerprint density at radius 2 is 1.48 bits per heavy atom. The van der Waals surface area contributed by atoms with Gasteiger partial charge in [0.05, 0.1) is 4.90 Å². The summed E-state index contributed by atoms with van der Waals surface area (Å²) in [6.45, 7) is 2.35. The van der Waals surface area contributed by atoms with Gasteiger partial charge in [0, 0.05) is 18.6 Å². The molecule has 112 valence electrons. The molecule has 5 heteroatoms. The molecule has 0 aliphatic rings. The van der Waals surface area contributed by atoms with Gasteiger partial charge < -0.3 is 0 Å². The summed E-state index contributed by atoms with van der Waals surface area (Å²) in [5, 5.41) is 0.638. The van der Waals surface area contributed by atoms with E-state index in [9.17, 15) is 8.42 Å². The summed E-state index contributed by atoms with van der Waals surface area (Å²) in [4.78, 5) is 0.316. The largest absolute Gasteiger partial charge is 0.243 e. The first-order valence-corrected chi connectivity index (χ1v) is 8.55. The van der Waals surface area contributed by atoms with Crippen molar-refractivity contribution in [2.45, 2.75) is 24.8 Å². The highest BCUT2D eigenvalue weighted by Crippen LogP contribution is 2.18. The molecular weight excluding hydrogens is 306 g/mol. The lowest BCUT2D eigenvalue weighted by atomic mass is 10.2. The average molecular weight is 324 g/mol. The average Bonchev–Trinajstić information content (AvgIpc) is 2.49. The summed E-state index contributed by atoms with van der Waals surface area (Å²) in [5.74, 6) is 0. The fourth-order valence-corrected chi connectivity index (χ4v) is 3.29. The monoisotopic (exact) mass is 323 g/mol. The van der Waals surface area contributed by atoms with E-state index in [1.54, 1.807) is 31.3 Å². The van der Waals surface area contributed by atoms with E-state index in [0.29, 0.717) is 16.5 Å². The molecule has 0 aliphatic heterocycles. The Bertz CT molecular complexity index is 694. The van der Waals surface area contributed by atoms with Crippen LogP contribution in [0.1, 0.15) is 18.1 Å². The van der Waals surface area contributed by atoms with Crippen LogP contribution in [0.3, 0.4) is 0 Å². The topological polar surface area (TPSA) is 37.4 Å². The van der Waals surface area contributed by atoms with Crippen molar-refractivity contribution < 1.29 is 8.42 Å². The van der Waals surface area contributed by atoms with Gasteiger partial charge in [-0.3, -0.25) is 0 Å². The van der Waals surface area contributed by atoms with Crippen molar-refractivity contribution in [1.82, 2.24) is 4.31 Å². The van der Waals surface area contributed by atoms with Gasteiger partial charge >= 0.3 is 0 Å². The third kappa shape index (κ3) is 3.84. The van der Waals surface area contributed by atoms with Crippen LogP contribution in [0.15, 0.2) is 53.4 Å². The number of rotatable bonds is 5. The zero-order chi connectivity index (χ0) is 15.5. The second-order valence-electron chi connectivity index (χ2n) is 4.89. The lowest BCUT2D eigenvalue weighted by molar-refractivity contribution is 0.466. The first kappa shape index (κ1) is 16.0. The highest BCUT2D eigenvalue weighted by atomic mass is 35.5. The SMILES string of the molecule is CCc1ccc(S(=O)(=O)N(C)Cc2ccc(Cl)cc2)cc1. The number of halogens is 1. The van der Waals surface area contributed by atoms with E-state index >= 15 is 0 Å². The maximum atomic E-state index is 12.5. The predicted octanol–water partition coefficient (Wildman–Crippen LogP) is 3.72. The molecule has 0 spiro atoms. The third-order valence-corrected chi connectivity index (χ3v) is 5.43. The molecule has 2 rings (SSSR count). The molecule has 0 aromatic heterocycles. The molecule has 0 atom stereocenters. The summed E-state index contributed by atoms with van der Waals surface area (Å²) in [6.07, 6.45) is 0.890. The lowest BCUT2D eigenvalue weighted by Gasteiger charge is -2.17. The van der Waals surface area contributed by atoms with Crippen molar-refractivity contribution in [3.8, 4) is 0 Å². The van der Waals surface area contributed by atoms with Crippen LogP contribution >= 0.6 is 11.6 Å². The molecule has 0 N–H and O–H groups in total. The standard InChI is InChI=1S/C16H18ClNO2S/c1-3-13-6-10-16(11-7-13)21(19,20)18(2)12-14-4-8-15(17)9-5-14/h4-11H,3,12H2,1-2H3. The Morgan fingerprint density at radius 3 is 2.00 bits per heavy atom. The molecule has 0 amide bonds. The molecule has 2 aromatic rings. The fraction of sp³-hybridized carbons (Fsp3) is 0.250. The van der Waals surface area contributed by atoms with Gasteiger partial charge in [-0.05, 0) is 41.8 Å². The third-order valence-electron chi connectivity index (χ3n) is 3.36. The molecule has 0 unspecified atom stereocenters. The zero-order valence-electron chi connectivity index (χ0n) is 12.1. The molecule has 0 saturated carbocycles. The second-order valence-corrected chi connectivity index (χ2v) is 7.37. The summed E-state index contributed by atoms with van der Waals surface area (Å²) in [7, 11) is -1.89. The Labute approximate surface area is 131 Å². The molecule has 3 nitrogen and oxygen atoms in total. The van der Waals surface area contributed by atoms with Crippen molar-refractivity contribution in [1.29, 1.82) is 0 Å². The Kier molecular flexibility index (Phi) is 5.04. The van der Waals surface area contributed by atoms with Gasteiger partial charge in [-0.2, -0.15) is 4.31 Å². The van der Waals surface area contributed by atoms with Gasteiger partial charge in [0.15, 0.2) is 0 Å². The van der Waals surface area contributed by atoms with Gasteiger partial charge in [-0.25, -0.2) is 8.42 Å². The minimum absolute atomic E-state index is 0.315. The van der Waals surface area contributed by atoms with Gasteiger partial charge in [-0.15, -0.1) is 0 Å². The number of nitrogens with zero attached hydrogens (tertiary/aromatic N) is 1. The van der Waals surface area contributed by atoms with Crippen LogP contribution in [0.5, 0.6) is 0 Å². The van der Waals surface area contributed by atoms with Crippen molar-refractivity contribution in [2.24, 2.45) is 0 Å². The van der Waals surface area contributed by atoms with E-state index in [1.807, 2.05) is 31.2 Å². The minimum atomic E-state index is -3.47. The molecular formula is C16H18ClNO2S. The summed E-state index contributed by atoms with van der Waals surface area (Å²) in [5.41, 5.74) is 2.02. The van der Waals surface area contributed by atoms with Crippen LogP contribution in [0.2, 0.25) is 5.02 Å². The Hall–Kier alpha value is -1.36. The van der Waals surface area contributed by atoms with Crippen LogP contribution in [-0.4, -0.2) is 19.8 Å². The van der Waals surface area contributed by atoms with Crippen molar-refractivity contribution >= 4 is 21.6 Å². The quantitative estimate of drug-likeness (QED) is 0.841. The van der Waals surface area contributed by atoms with E-state index in [0.717, 1.165) is 17.5 Å². The minimum Gasteiger partial charge on any atom is -0.207 e. The van der Waals surface area contributed by atoms with E-state index < -0.39 is 10.0 Å². The van der Waals surface area contributed by atoms with Crippen molar-refractivity contribution in [3.63, 3.8) is 0 Å². The highest BCUT2D eigenvalue weighted by Gasteiger charge is 2.20.